The van der Waals surface area contributed by atoms with Crippen molar-refractivity contribution in [3.63, 3.8) is 0 Å². The molecule has 0 saturated heterocycles. The molecule has 18 heavy (non-hydrogen) atoms. The van der Waals surface area contributed by atoms with E-state index >= 15 is 0 Å². The van der Waals surface area contributed by atoms with E-state index in [0.29, 0.717) is 6.04 Å². The molecule has 1 aromatic heterocycles. The van der Waals surface area contributed by atoms with Gasteiger partial charge in [-0.2, -0.15) is 0 Å². The Kier molecular flexibility index (Phi) is 4.02. The summed E-state index contributed by atoms with van der Waals surface area (Å²) in [7, 11) is 0. The monoisotopic (exact) mass is 245 g/mol. The molecule has 0 spiro atoms. The summed E-state index contributed by atoms with van der Waals surface area (Å²) in [6, 6.07) is 7.05. The second kappa shape index (κ2) is 5.53. The predicted octanol–water partition coefficient (Wildman–Crippen LogP) is 3.07. The first-order valence-corrected chi connectivity index (χ1v) is 6.87. The number of nitrogens with two attached hydrogens (primary N) is 1. The first kappa shape index (κ1) is 13.1. The van der Waals surface area contributed by atoms with Crippen LogP contribution in [-0.4, -0.2) is 16.1 Å². The maximum absolute atomic E-state index is 5.61. The van der Waals surface area contributed by atoms with Crippen LogP contribution in [0.3, 0.4) is 0 Å². The summed E-state index contributed by atoms with van der Waals surface area (Å²) in [5.74, 6) is 1.17. The van der Waals surface area contributed by atoms with Crippen LogP contribution < -0.4 is 5.73 Å². The molecule has 3 nitrogen and oxygen atoms in total. The van der Waals surface area contributed by atoms with Crippen LogP contribution in [0.2, 0.25) is 0 Å². The third-order valence-corrected chi connectivity index (χ3v) is 3.36. The lowest BCUT2D eigenvalue weighted by Crippen LogP contribution is -2.09. The third-order valence-electron chi connectivity index (χ3n) is 3.36. The third kappa shape index (κ3) is 2.41. The summed E-state index contributed by atoms with van der Waals surface area (Å²) in [6.45, 7) is 7.32. The van der Waals surface area contributed by atoms with Gasteiger partial charge in [-0.25, -0.2) is 4.98 Å². The normalized spacial score (nSPS) is 11.6. The molecule has 3 heteroatoms. The molecule has 0 bridgehead atoms. The molecule has 0 aliphatic heterocycles. The molecule has 2 aromatic rings. The summed E-state index contributed by atoms with van der Waals surface area (Å²) in [5, 5.41) is 0. The average molecular weight is 245 g/mol. The fourth-order valence-corrected chi connectivity index (χ4v) is 2.43. The lowest BCUT2D eigenvalue weighted by Gasteiger charge is -2.12. The van der Waals surface area contributed by atoms with Crippen molar-refractivity contribution >= 4 is 11.0 Å². The number of hydrogen-bond acceptors (Lipinski definition) is 2. The summed E-state index contributed by atoms with van der Waals surface area (Å²) in [4.78, 5) is 4.79. The Labute approximate surface area is 109 Å². The number of nitrogens with zero attached hydrogens (tertiary/aromatic N) is 2. The zero-order valence-electron chi connectivity index (χ0n) is 11.6. The van der Waals surface area contributed by atoms with Crippen LogP contribution in [0.5, 0.6) is 0 Å². The van der Waals surface area contributed by atoms with E-state index in [-0.39, 0.29) is 0 Å². The van der Waals surface area contributed by atoms with Gasteiger partial charge < -0.3 is 10.3 Å². The van der Waals surface area contributed by atoms with Gasteiger partial charge in [0.1, 0.15) is 5.82 Å². The topological polar surface area (TPSA) is 43.8 Å². The van der Waals surface area contributed by atoms with Gasteiger partial charge in [0.25, 0.3) is 0 Å². The minimum Gasteiger partial charge on any atom is -0.330 e. The molecule has 0 fully saturated rings. The number of aromatic nitrogens is 2. The van der Waals surface area contributed by atoms with Crippen molar-refractivity contribution < 1.29 is 0 Å². The van der Waals surface area contributed by atoms with Gasteiger partial charge in [-0.1, -0.05) is 13.0 Å². The van der Waals surface area contributed by atoms with Gasteiger partial charge in [0, 0.05) is 12.5 Å². The molecule has 2 rings (SSSR count). The smallest absolute Gasteiger partial charge is 0.110 e. The first-order chi connectivity index (χ1) is 8.67. The average Bonchev–Trinajstić information content (AvgIpc) is 2.73. The van der Waals surface area contributed by atoms with Crippen LogP contribution in [0.15, 0.2) is 18.2 Å². The van der Waals surface area contributed by atoms with Crippen molar-refractivity contribution in [2.75, 3.05) is 6.54 Å². The van der Waals surface area contributed by atoms with Crippen LogP contribution in [0.4, 0.5) is 0 Å². The number of imidazole rings is 1. The number of fused-ring (bicyclic) bond motifs is 1. The SMILES string of the molecule is CCc1ccc2c(c1)nc(CCCN)n2C(C)C. The molecule has 0 saturated carbocycles. The van der Waals surface area contributed by atoms with E-state index in [2.05, 4.69) is 43.5 Å². The van der Waals surface area contributed by atoms with Crippen LogP contribution in [0, 0.1) is 0 Å². The standard InChI is InChI=1S/C15H23N3/c1-4-12-7-8-14-13(10-12)17-15(6-5-9-16)18(14)11(2)3/h7-8,10-11H,4-6,9,16H2,1-3H3. The van der Waals surface area contributed by atoms with Gasteiger partial charge >= 0.3 is 0 Å². The highest BCUT2D eigenvalue weighted by Gasteiger charge is 2.12. The Bertz CT molecular complexity index is 526. The maximum Gasteiger partial charge on any atom is 0.110 e. The van der Waals surface area contributed by atoms with Crippen molar-refractivity contribution in [1.29, 1.82) is 0 Å². The van der Waals surface area contributed by atoms with Crippen LogP contribution in [0.25, 0.3) is 11.0 Å². The van der Waals surface area contributed by atoms with Gasteiger partial charge in [0.15, 0.2) is 0 Å². The first-order valence-electron chi connectivity index (χ1n) is 6.87. The van der Waals surface area contributed by atoms with Crippen molar-refractivity contribution in [2.24, 2.45) is 5.73 Å². The molecule has 1 aromatic carbocycles. The Morgan fingerprint density at radius 1 is 1.33 bits per heavy atom. The summed E-state index contributed by atoms with van der Waals surface area (Å²) < 4.78 is 2.34. The van der Waals surface area contributed by atoms with Crippen molar-refractivity contribution in [3.05, 3.63) is 29.6 Å². The highest BCUT2D eigenvalue weighted by molar-refractivity contribution is 5.77. The molecule has 0 unspecified atom stereocenters. The highest BCUT2D eigenvalue weighted by atomic mass is 15.1. The van der Waals surface area contributed by atoms with Crippen LogP contribution in [-0.2, 0) is 12.8 Å². The Hall–Kier alpha value is -1.35. The van der Waals surface area contributed by atoms with E-state index in [1.165, 1.54) is 16.9 Å². The molecule has 0 amide bonds. The zero-order chi connectivity index (χ0) is 13.1. The molecule has 98 valence electrons. The van der Waals surface area contributed by atoms with E-state index < -0.39 is 0 Å². The Morgan fingerprint density at radius 3 is 2.72 bits per heavy atom. The molecular formula is C15H23N3. The fraction of sp³-hybridized carbons (Fsp3) is 0.533. The molecule has 1 heterocycles. The highest BCUT2D eigenvalue weighted by Crippen LogP contribution is 2.23. The largest absolute Gasteiger partial charge is 0.330 e. The number of rotatable bonds is 5. The Morgan fingerprint density at radius 2 is 2.11 bits per heavy atom. The molecule has 2 N–H and O–H groups in total. The van der Waals surface area contributed by atoms with E-state index in [0.717, 1.165) is 31.3 Å². The van der Waals surface area contributed by atoms with Crippen LogP contribution >= 0.6 is 0 Å². The van der Waals surface area contributed by atoms with Crippen molar-refractivity contribution in [3.8, 4) is 0 Å². The number of aryl methyl sites for hydroxylation is 2. The minimum absolute atomic E-state index is 0.440. The minimum atomic E-state index is 0.440. The van der Waals surface area contributed by atoms with Crippen molar-refractivity contribution in [2.45, 2.75) is 46.1 Å². The quantitative estimate of drug-likeness (QED) is 0.879. The van der Waals surface area contributed by atoms with Gasteiger partial charge in [0.2, 0.25) is 0 Å². The molecule has 0 aliphatic rings. The number of benzene rings is 1. The number of hydrogen-bond donors (Lipinski definition) is 1. The van der Waals surface area contributed by atoms with E-state index in [1.54, 1.807) is 0 Å². The summed E-state index contributed by atoms with van der Waals surface area (Å²) in [6.07, 6.45) is 3.02. The van der Waals surface area contributed by atoms with Gasteiger partial charge in [0.05, 0.1) is 11.0 Å². The molecular weight excluding hydrogens is 222 g/mol. The molecule has 0 atom stereocenters. The second-order valence-corrected chi connectivity index (χ2v) is 5.06. The molecule has 0 aliphatic carbocycles. The van der Waals surface area contributed by atoms with Crippen LogP contribution in [0.1, 0.15) is 44.6 Å². The van der Waals surface area contributed by atoms with Gasteiger partial charge in [-0.15, -0.1) is 0 Å². The lowest BCUT2D eigenvalue weighted by molar-refractivity contribution is 0.577. The lowest BCUT2D eigenvalue weighted by atomic mass is 10.1. The summed E-state index contributed by atoms with van der Waals surface area (Å²) >= 11 is 0. The predicted molar refractivity (Wildman–Crippen MR) is 76.9 cm³/mol. The van der Waals surface area contributed by atoms with E-state index in [9.17, 15) is 0 Å². The maximum atomic E-state index is 5.61. The van der Waals surface area contributed by atoms with Crippen molar-refractivity contribution in [1.82, 2.24) is 9.55 Å². The van der Waals surface area contributed by atoms with Gasteiger partial charge in [-0.05, 0) is 50.9 Å². The second-order valence-electron chi connectivity index (χ2n) is 5.06. The van der Waals surface area contributed by atoms with E-state index in [1.807, 2.05) is 0 Å². The van der Waals surface area contributed by atoms with Gasteiger partial charge in [-0.3, -0.25) is 0 Å². The Balaban J connectivity index is 2.51. The zero-order valence-corrected chi connectivity index (χ0v) is 11.6. The fourth-order valence-electron chi connectivity index (χ4n) is 2.43. The van der Waals surface area contributed by atoms with E-state index in [4.69, 9.17) is 10.7 Å². The molecule has 0 radical (unpaired) electrons. The summed E-state index contributed by atoms with van der Waals surface area (Å²) in [5.41, 5.74) is 9.32.